The summed E-state index contributed by atoms with van der Waals surface area (Å²) in [6.45, 7) is 0.149. The van der Waals surface area contributed by atoms with E-state index in [9.17, 15) is 17.6 Å². The molecule has 1 aromatic rings. The van der Waals surface area contributed by atoms with Gasteiger partial charge in [0.1, 0.15) is 0 Å². The smallest absolute Gasteiger partial charge is 0.263 e. The molecule has 0 radical (unpaired) electrons. The van der Waals surface area contributed by atoms with Crippen molar-refractivity contribution < 1.29 is 17.6 Å². The summed E-state index contributed by atoms with van der Waals surface area (Å²) in [5, 5.41) is 0. The van der Waals surface area contributed by atoms with Crippen LogP contribution in [0.15, 0.2) is 12.1 Å². The Morgan fingerprint density at radius 2 is 1.78 bits per heavy atom. The zero-order chi connectivity index (χ0) is 13.3. The van der Waals surface area contributed by atoms with Crippen LogP contribution in [0.25, 0.3) is 0 Å². The Hall–Kier alpha value is -1.10. The van der Waals surface area contributed by atoms with E-state index in [2.05, 4.69) is 0 Å². The molecule has 1 saturated carbocycles. The molecule has 18 heavy (non-hydrogen) atoms. The normalized spacial score (nSPS) is 18.6. The molecule has 1 aliphatic carbocycles. The van der Waals surface area contributed by atoms with Crippen molar-refractivity contribution in [3.8, 4) is 0 Å². The second kappa shape index (κ2) is 4.88. The van der Waals surface area contributed by atoms with Crippen LogP contribution in [0.1, 0.15) is 43.2 Å². The molecule has 1 aliphatic rings. The molecule has 2 N–H and O–H groups in total. The van der Waals surface area contributed by atoms with E-state index in [4.69, 9.17) is 5.73 Å². The summed E-state index contributed by atoms with van der Waals surface area (Å²) in [5.74, 6) is -2.26. The molecule has 100 valence electrons. The van der Waals surface area contributed by atoms with E-state index >= 15 is 0 Å². The summed E-state index contributed by atoms with van der Waals surface area (Å²) in [5.41, 5.74) is 4.51. The van der Waals surface area contributed by atoms with Crippen molar-refractivity contribution in [3.63, 3.8) is 0 Å². The maximum absolute atomic E-state index is 13.9. The first-order valence-corrected chi connectivity index (χ1v) is 5.98. The third kappa shape index (κ3) is 2.11. The van der Waals surface area contributed by atoms with E-state index in [1.807, 2.05) is 0 Å². The summed E-state index contributed by atoms with van der Waals surface area (Å²) >= 11 is 0. The molecule has 0 amide bonds. The number of benzene rings is 1. The van der Waals surface area contributed by atoms with Gasteiger partial charge in [0.05, 0.1) is 0 Å². The Labute approximate surface area is 103 Å². The van der Waals surface area contributed by atoms with Crippen LogP contribution in [0.4, 0.5) is 17.6 Å². The third-order valence-electron chi connectivity index (χ3n) is 3.83. The molecule has 2 rings (SSSR count). The topological polar surface area (TPSA) is 26.0 Å². The Balaban J connectivity index is 2.54. The summed E-state index contributed by atoms with van der Waals surface area (Å²) in [7, 11) is 0. The molecule has 0 aromatic heterocycles. The molecule has 0 aliphatic heterocycles. The minimum absolute atomic E-state index is 0.0119. The second-order valence-electron chi connectivity index (χ2n) is 4.86. The van der Waals surface area contributed by atoms with Gasteiger partial charge in [-0.25, -0.2) is 17.6 Å². The van der Waals surface area contributed by atoms with Crippen molar-refractivity contribution in [1.82, 2.24) is 0 Å². The van der Waals surface area contributed by atoms with Gasteiger partial charge in [0.2, 0.25) is 0 Å². The van der Waals surface area contributed by atoms with E-state index in [0.29, 0.717) is 18.9 Å². The van der Waals surface area contributed by atoms with Crippen LogP contribution in [0, 0.1) is 11.6 Å². The summed E-state index contributed by atoms with van der Waals surface area (Å²) in [6.07, 6.45) is 0.142. The van der Waals surface area contributed by atoms with E-state index in [0.717, 1.165) is 18.9 Å². The second-order valence-corrected chi connectivity index (χ2v) is 4.86. The number of alkyl halides is 2. The molecule has 1 fully saturated rings. The molecular weight excluding hydrogens is 246 g/mol. The molecule has 0 atom stereocenters. The van der Waals surface area contributed by atoms with E-state index < -0.39 is 29.0 Å². The summed E-state index contributed by atoms with van der Waals surface area (Å²) in [6, 6.07) is 1.63. The molecule has 0 heterocycles. The molecule has 1 aromatic carbocycles. The van der Waals surface area contributed by atoms with Gasteiger partial charge in [-0.05, 0) is 30.5 Å². The van der Waals surface area contributed by atoms with Gasteiger partial charge in [-0.3, -0.25) is 0 Å². The van der Waals surface area contributed by atoms with Crippen molar-refractivity contribution >= 4 is 0 Å². The minimum Gasteiger partial charge on any atom is -0.330 e. The maximum atomic E-state index is 13.9. The van der Waals surface area contributed by atoms with Gasteiger partial charge in [-0.1, -0.05) is 12.8 Å². The van der Waals surface area contributed by atoms with Crippen molar-refractivity contribution in [2.45, 2.75) is 37.5 Å². The quantitative estimate of drug-likeness (QED) is 0.825. The maximum Gasteiger partial charge on any atom is 0.263 e. The van der Waals surface area contributed by atoms with Gasteiger partial charge >= 0.3 is 0 Å². The molecule has 0 saturated heterocycles. The van der Waals surface area contributed by atoms with Crippen LogP contribution in [0.2, 0.25) is 0 Å². The fourth-order valence-corrected chi connectivity index (χ4v) is 2.76. The highest BCUT2D eigenvalue weighted by Gasteiger charge is 2.38. The number of halogens is 4. The van der Waals surface area contributed by atoms with Crippen molar-refractivity contribution in [2.75, 3.05) is 6.54 Å². The third-order valence-corrected chi connectivity index (χ3v) is 3.83. The molecule has 0 spiro atoms. The number of hydrogen-bond donors (Lipinski definition) is 1. The molecule has 0 bridgehead atoms. The highest BCUT2D eigenvalue weighted by Crippen LogP contribution is 2.42. The van der Waals surface area contributed by atoms with Crippen LogP contribution in [-0.4, -0.2) is 6.54 Å². The van der Waals surface area contributed by atoms with Gasteiger partial charge in [0.25, 0.3) is 6.43 Å². The highest BCUT2D eigenvalue weighted by atomic mass is 19.3. The Kier molecular flexibility index (Phi) is 3.61. The van der Waals surface area contributed by atoms with Crippen molar-refractivity contribution in [3.05, 3.63) is 34.9 Å². The lowest BCUT2D eigenvalue weighted by molar-refractivity contribution is 0.150. The van der Waals surface area contributed by atoms with Gasteiger partial charge in [0.15, 0.2) is 11.6 Å². The Bertz CT molecular complexity index is 439. The zero-order valence-corrected chi connectivity index (χ0v) is 9.86. The molecule has 5 heteroatoms. The SMILES string of the molecule is NCC1(c2cc(C(F)F)cc(F)c2F)CCCC1. The van der Waals surface area contributed by atoms with Crippen LogP contribution in [0.3, 0.4) is 0 Å². The number of hydrogen-bond acceptors (Lipinski definition) is 1. The minimum atomic E-state index is -2.81. The summed E-state index contributed by atoms with van der Waals surface area (Å²) < 4.78 is 52.6. The summed E-state index contributed by atoms with van der Waals surface area (Å²) in [4.78, 5) is 0. The van der Waals surface area contributed by atoms with Gasteiger partial charge < -0.3 is 5.73 Å². The first kappa shape index (κ1) is 13.3. The molecule has 0 unspecified atom stereocenters. The first-order chi connectivity index (χ1) is 8.50. The lowest BCUT2D eigenvalue weighted by Gasteiger charge is -2.28. The van der Waals surface area contributed by atoms with E-state index in [1.54, 1.807) is 0 Å². The number of rotatable bonds is 3. The van der Waals surface area contributed by atoms with Gasteiger partial charge in [-0.15, -0.1) is 0 Å². The fourth-order valence-electron chi connectivity index (χ4n) is 2.76. The van der Waals surface area contributed by atoms with Gasteiger partial charge in [-0.2, -0.15) is 0 Å². The fraction of sp³-hybridized carbons (Fsp3) is 0.538. The standard InChI is InChI=1S/C13H15F4N/c14-10-6-8(12(16)17)5-9(11(10)15)13(7-18)3-1-2-4-13/h5-6,12H,1-4,7,18H2. The number of nitrogens with two attached hydrogens (primary N) is 1. The van der Waals surface area contributed by atoms with E-state index in [1.165, 1.54) is 0 Å². The predicted molar refractivity (Wildman–Crippen MR) is 60.5 cm³/mol. The average Bonchev–Trinajstić information content (AvgIpc) is 2.82. The molecular formula is C13H15F4N. The van der Waals surface area contributed by atoms with Crippen molar-refractivity contribution in [1.29, 1.82) is 0 Å². The first-order valence-electron chi connectivity index (χ1n) is 5.98. The zero-order valence-electron chi connectivity index (χ0n) is 9.86. The Morgan fingerprint density at radius 1 is 1.17 bits per heavy atom. The van der Waals surface area contributed by atoms with Crippen LogP contribution >= 0.6 is 0 Å². The van der Waals surface area contributed by atoms with E-state index in [-0.39, 0.29) is 12.1 Å². The van der Waals surface area contributed by atoms with Gasteiger partial charge in [0, 0.05) is 17.5 Å². The highest BCUT2D eigenvalue weighted by molar-refractivity contribution is 5.34. The molecule has 1 nitrogen and oxygen atoms in total. The largest absolute Gasteiger partial charge is 0.330 e. The lowest BCUT2D eigenvalue weighted by Crippen LogP contribution is -2.33. The Morgan fingerprint density at radius 3 is 2.28 bits per heavy atom. The predicted octanol–water partition coefficient (Wildman–Crippen LogP) is 3.67. The average molecular weight is 261 g/mol. The van der Waals surface area contributed by atoms with Crippen LogP contribution < -0.4 is 5.73 Å². The lowest BCUT2D eigenvalue weighted by atomic mass is 9.78. The monoisotopic (exact) mass is 261 g/mol. The van der Waals surface area contributed by atoms with Crippen molar-refractivity contribution in [2.24, 2.45) is 5.73 Å². The van der Waals surface area contributed by atoms with Crippen LogP contribution in [-0.2, 0) is 5.41 Å². The van der Waals surface area contributed by atoms with Crippen LogP contribution in [0.5, 0.6) is 0 Å².